The monoisotopic (exact) mass is 572 g/mol. The number of amides is 5. The van der Waals surface area contributed by atoms with Crippen LogP contribution in [0.1, 0.15) is 67.1 Å². The molecule has 1 unspecified atom stereocenters. The van der Waals surface area contributed by atoms with Crippen LogP contribution in [-0.4, -0.2) is 72.6 Å². The summed E-state index contributed by atoms with van der Waals surface area (Å²) in [6.45, 7) is 12.7. The standard InChI is InChI=1S/C29H44N6O4S/c1-19(2)31-28(37)32-24-15-20(3)26(21(4)16-24)27(36)30-11-7-22(5)34-12-8-25(9-13-34)35(29(38)33-39-6)17-23-10-14-40-18-23/h10,14-16,18-19,22,25H,7-9,11-13,17H2,1-6H3,(H,30,36)(H,33,38)(H2,31,32,37). The third-order valence-corrected chi connectivity index (χ3v) is 7.96. The molecule has 0 radical (unpaired) electrons. The van der Waals surface area contributed by atoms with Gasteiger partial charge in [-0.05, 0) is 99.5 Å². The van der Waals surface area contributed by atoms with Gasteiger partial charge in [-0.15, -0.1) is 0 Å². The molecular weight excluding hydrogens is 528 g/mol. The second-order valence-corrected chi connectivity index (χ2v) is 11.5. The minimum Gasteiger partial charge on any atom is -0.352 e. The van der Waals surface area contributed by atoms with Gasteiger partial charge >= 0.3 is 12.1 Å². The predicted octanol–water partition coefficient (Wildman–Crippen LogP) is 4.64. The predicted molar refractivity (Wildman–Crippen MR) is 160 cm³/mol. The summed E-state index contributed by atoms with van der Waals surface area (Å²) in [6, 6.07) is 5.68. The number of nitrogens with zero attached hydrogens (tertiary/aromatic N) is 2. The van der Waals surface area contributed by atoms with Crippen molar-refractivity contribution >= 4 is 35.0 Å². The molecule has 3 rings (SSSR count). The fraction of sp³-hybridized carbons (Fsp3) is 0.552. The van der Waals surface area contributed by atoms with Crippen molar-refractivity contribution in [2.45, 2.75) is 78.6 Å². The van der Waals surface area contributed by atoms with Crippen LogP contribution in [0.4, 0.5) is 15.3 Å². The Morgan fingerprint density at radius 2 is 1.80 bits per heavy atom. The van der Waals surface area contributed by atoms with Crippen molar-refractivity contribution in [3.05, 3.63) is 51.2 Å². The molecule has 0 aliphatic carbocycles. The molecule has 220 valence electrons. The molecule has 1 atom stereocenters. The molecule has 10 nitrogen and oxygen atoms in total. The Morgan fingerprint density at radius 1 is 1.12 bits per heavy atom. The van der Waals surface area contributed by atoms with Crippen molar-refractivity contribution in [3.63, 3.8) is 0 Å². The number of hydrogen-bond acceptors (Lipinski definition) is 6. The normalized spacial score (nSPS) is 15.0. The summed E-state index contributed by atoms with van der Waals surface area (Å²) >= 11 is 1.63. The molecule has 1 aromatic heterocycles. The number of likely N-dealkylation sites (tertiary alicyclic amines) is 1. The number of nitrogens with one attached hydrogen (secondary N) is 4. The fourth-order valence-corrected chi connectivity index (χ4v) is 5.88. The molecule has 1 aliphatic heterocycles. The highest BCUT2D eigenvalue weighted by Crippen LogP contribution is 2.23. The van der Waals surface area contributed by atoms with Crippen molar-refractivity contribution < 1.29 is 19.2 Å². The molecule has 0 spiro atoms. The van der Waals surface area contributed by atoms with E-state index in [-0.39, 0.29) is 30.1 Å². The lowest BCUT2D eigenvalue weighted by molar-refractivity contribution is 0.0565. The van der Waals surface area contributed by atoms with Gasteiger partial charge in [0.05, 0.1) is 7.11 Å². The third kappa shape index (κ3) is 8.94. The van der Waals surface area contributed by atoms with E-state index in [1.54, 1.807) is 11.3 Å². The number of rotatable bonds is 11. The van der Waals surface area contributed by atoms with E-state index in [9.17, 15) is 14.4 Å². The zero-order chi connectivity index (χ0) is 29.2. The van der Waals surface area contributed by atoms with Gasteiger partial charge in [0.1, 0.15) is 0 Å². The topological polar surface area (TPSA) is 115 Å². The largest absolute Gasteiger partial charge is 0.352 e. The first-order valence-electron chi connectivity index (χ1n) is 13.9. The van der Waals surface area contributed by atoms with Crippen LogP contribution in [-0.2, 0) is 11.4 Å². The van der Waals surface area contributed by atoms with E-state index in [2.05, 4.69) is 38.6 Å². The number of benzene rings is 1. The Labute approximate surface area is 241 Å². The molecule has 0 saturated carbocycles. The van der Waals surface area contributed by atoms with Crippen molar-refractivity contribution in [3.8, 4) is 0 Å². The molecule has 40 heavy (non-hydrogen) atoms. The van der Waals surface area contributed by atoms with Crippen molar-refractivity contribution in [1.29, 1.82) is 0 Å². The maximum Gasteiger partial charge on any atom is 0.341 e. The number of hydroxylamine groups is 1. The van der Waals surface area contributed by atoms with Gasteiger partial charge < -0.3 is 25.8 Å². The highest BCUT2D eigenvalue weighted by Gasteiger charge is 2.30. The summed E-state index contributed by atoms with van der Waals surface area (Å²) in [6.07, 6.45) is 2.59. The average molecular weight is 573 g/mol. The molecule has 11 heteroatoms. The van der Waals surface area contributed by atoms with Gasteiger partial charge in [-0.3, -0.25) is 9.63 Å². The Kier molecular flexibility index (Phi) is 11.8. The molecule has 1 aliphatic rings. The molecule has 0 bridgehead atoms. The lowest BCUT2D eigenvalue weighted by atomic mass is 10.00. The van der Waals surface area contributed by atoms with Gasteiger partial charge in [-0.2, -0.15) is 11.3 Å². The average Bonchev–Trinajstić information content (AvgIpc) is 3.40. The third-order valence-electron chi connectivity index (χ3n) is 7.23. The maximum absolute atomic E-state index is 13.0. The maximum atomic E-state index is 13.0. The summed E-state index contributed by atoms with van der Waals surface area (Å²) in [5.74, 6) is -0.104. The second kappa shape index (κ2) is 15.0. The van der Waals surface area contributed by atoms with E-state index in [1.165, 1.54) is 7.11 Å². The van der Waals surface area contributed by atoms with Crippen LogP contribution >= 0.6 is 11.3 Å². The Morgan fingerprint density at radius 3 is 2.38 bits per heavy atom. The number of urea groups is 2. The summed E-state index contributed by atoms with van der Waals surface area (Å²) in [4.78, 5) is 46.9. The summed E-state index contributed by atoms with van der Waals surface area (Å²) in [7, 11) is 1.45. The van der Waals surface area contributed by atoms with Crippen LogP contribution < -0.4 is 21.4 Å². The minimum absolute atomic E-state index is 0.0365. The van der Waals surface area contributed by atoms with Crippen LogP contribution in [0.2, 0.25) is 0 Å². The van der Waals surface area contributed by atoms with E-state index < -0.39 is 0 Å². The van der Waals surface area contributed by atoms with Gasteiger partial charge in [-0.25, -0.2) is 15.1 Å². The van der Waals surface area contributed by atoms with Gasteiger partial charge in [0.2, 0.25) is 0 Å². The van der Waals surface area contributed by atoms with Gasteiger partial charge in [0.15, 0.2) is 0 Å². The Bertz CT molecular complexity index is 1110. The van der Waals surface area contributed by atoms with E-state index >= 15 is 0 Å². The van der Waals surface area contributed by atoms with Crippen LogP contribution in [0.5, 0.6) is 0 Å². The number of hydrogen-bond donors (Lipinski definition) is 4. The number of thiophene rings is 1. The molecule has 2 aromatic rings. The number of piperidine rings is 1. The number of aryl methyl sites for hydroxylation is 2. The minimum atomic E-state index is -0.266. The van der Waals surface area contributed by atoms with E-state index in [4.69, 9.17) is 4.84 Å². The van der Waals surface area contributed by atoms with Crippen LogP contribution in [0.15, 0.2) is 29.0 Å². The zero-order valence-corrected chi connectivity index (χ0v) is 25.3. The lowest BCUT2D eigenvalue weighted by Crippen LogP contribution is -2.51. The smallest absolute Gasteiger partial charge is 0.341 e. The SMILES string of the molecule is CONC(=O)N(Cc1ccsc1)C1CCN(C(C)CCNC(=O)c2c(C)cc(NC(=O)NC(C)C)cc2C)CC1. The van der Waals surface area contributed by atoms with Crippen LogP contribution in [0, 0.1) is 13.8 Å². The molecule has 2 heterocycles. The molecule has 4 N–H and O–H groups in total. The molecular formula is C29H44N6O4S. The highest BCUT2D eigenvalue weighted by atomic mass is 32.1. The first kappa shape index (κ1) is 31.4. The van der Waals surface area contributed by atoms with E-state index in [1.807, 2.05) is 56.2 Å². The van der Waals surface area contributed by atoms with Crippen LogP contribution in [0.3, 0.4) is 0 Å². The van der Waals surface area contributed by atoms with E-state index in [0.29, 0.717) is 30.4 Å². The van der Waals surface area contributed by atoms with Gasteiger partial charge in [0, 0.05) is 55.6 Å². The first-order chi connectivity index (χ1) is 19.1. The van der Waals surface area contributed by atoms with Crippen molar-refractivity contribution in [2.24, 2.45) is 0 Å². The second-order valence-electron chi connectivity index (χ2n) is 10.8. The molecule has 5 amide bonds. The summed E-state index contributed by atoms with van der Waals surface area (Å²) in [5, 5.41) is 12.8. The molecule has 1 fully saturated rings. The Balaban J connectivity index is 1.48. The van der Waals surface area contributed by atoms with E-state index in [0.717, 1.165) is 49.0 Å². The number of carbonyl (C=O) groups excluding carboxylic acids is 3. The van der Waals surface area contributed by atoms with Gasteiger partial charge in [0.25, 0.3) is 5.91 Å². The summed E-state index contributed by atoms with van der Waals surface area (Å²) in [5.41, 5.74) is 6.54. The first-order valence-corrected chi connectivity index (χ1v) is 14.8. The summed E-state index contributed by atoms with van der Waals surface area (Å²) < 4.78 is 0. The van der Waals surface area contributed by atoms with Gasteiger partial charge in [-0.1, -0.05) is 0 Å². The van der Waals surface area contributed by atoms with Crippen LogP contribution in [0.25, 0.3) is 0 Å². The van der Waals surface area contributed by atoms with Crippen molar-refractivity contribution in [2.75, 3.05) is 32.1 Å². The Hall–Kier alpha value is -3.15. The van der Waals surface area contributed by atoms with Crippen molar-refractivity contribution in [1.82, 2.24) is 25.9 Å². The zero-order valence-electron chi connectivity index (χ0n) is 24.5. The molecule has 1 aromatic carbocycles. The lowest BCUT2D eigenvalue weighted by Gasteiger charge is -2.40. The quantitative estimate of drug-likeness (QED) is 0.293. The molecule has 1 saturated heterocycles. The number of anilines is 1. The number of carbonyl (C=O) groups is 3. The fourth-order valence-electron chi connectivity index (χ4n) is 5.22. The highest BCUT2D eigenvalue weighted by molar-refractivity contribution is 7.07.